The molecule has 2 heterocycles. The number of likely N-dealkylation sites (tertiary alicyclic amines) is 2. The predicted molar refractivity (Wildman–Crippen MR) is 150 cm³/mol. The fraction of sp³-hybridized carbons (Fsp3) is 0.867. The molecule has 1 unspecified atom stereocenters. The zero-order chi connectivity index (χ0) is 30.8. The van der Waals surface area contributed by atoms with Crippen molar-refractivity contribution in [1.82, 2.24) is 9.80 Å². The summed E-state index contributed by atoms with van der Waals surface area (Å²) in [6.45, 7) is 16.7. The summed E-state index contributed by atoms with van der Waals surface area (Å²) in [5.74, 6) is -5.34. The first-order valence-electron chi connectivity index (χ1n) is 14.2. The number of hydrogen-bond donors (Lipinski definition) is 0. The Hall–Kier alpha value is -2.20. The number of ether oxygens (including phenoxy) is 4. The number of esters is 4. The van der Waals surface area contributed by atoms with Gasteiger partial charge in [-0.3, -0.25) is 29.0 Å². The van der Waals surface area contributed by atoms with Crippen molar-refractivity contribution in [1.29, 1.82) is 0 Å². The molecule has 40 heavy (non-hydrogen) atoms. The summed E-state index contributed by atoms with van der Waals surface area (Å²) in [6, 6.07) is 0. The summed E-state index contributed by atoms with van der Waals surface area (Å²) >= 11 is 0. The van der Waals surface area contributed by atoms with Crippen LogP contribution in [0.3, 0.4) is 0 Å². The maximum atomic E-state index is 13.7. The SMILES string of the molecule is COC(=O)CC(C(=O)OC1CC(C)(C)N(C)C(C)(C)C1)[C@H](CC(=O)OC)C(=O)OC1CC(C)(C)N(C)C(C)(C)C1. The van der Waals surface area contributed by atoms with Crippen LogP contribution >= 0.6 is 0 Å². The monoisotopic (exact) mass is 568 g/mol. The van der Waals surface area contributed by atoms with E-state index in [2.05, 4.69) is 65.2 Å². The van der Waals surface area contributed by atoms with Crippen molar-refractivity contribution < 1.29 is 38.1 Å². The van der Waals surface area contributed by atoms with Crippen molar-refractivity contribution in [2.24, 2.45) is 11.8 Å². The second kappa shape index (κ2) is 12.3. The highest BCUT2D eigenvalue weighted by atomic mass is 16.6. The van der Waals surface area contributed by atoms with Crippen LogP contribution in [-0.2, 0) is 38.1 Å². The molecule has 0 aliphatic carbocycles. The van der Waals surface area contributed by atoms with E-state index in [9.17, 15) is 19.2 Å². The van der Waals surface area contributed by atoms with Crippen LogP contribution in [-0.4, -0.2) is 96.4 Å². The summed E-state index contributed by atoms with van der Waals surface area (Å²) in [4.78, 5) is 56.8. The minimum Gasteiger partial charge on any atom is -0.469 e. The number of nitrogens with zero attached hydrogens (tertiary/aromatic N) is 2. The molecular formula is C30H52N2O8. The van der Waals surface area contributed by atoms with Crippen molar-refractivity contribution >= 4 is 23.9 Å². The van der Waals surface area contributed by atoms with Gasteiger partial charge in [-0.05, 0) is 69.5 Å². The van der Waals surface area contributed by atoms with Gasteiger partial charge in [0.2, 0.25) is 0 Å². The molecule has 2 rings (SSSR count). The van der Waals surface area contributed by atoms with Crippen molar-refractivity contribution in [3.05, 3.63) is 0 Å². The van der Waals surface area contributed by atoms with E-state index in [0.717, 1.165) is 0 Å². The van der Waals surface area contributed by atoms with Gasteiger partial charge in [0.15, 0.2) is 0 Å². The maximum Gasteiger partial charge on any atom is 0.310 e. The fourth-order valence-electron chi connectivity index (χ4n) is 6.53. The second-order valence-electron chi connectivity index (χ2n) is 14.1. The summed E-state index contributed by atoms with van der Waals surface area (Å²) in [6.07, 6.45) is 0.611. The van der Waals surface area contributed by atoms with Crippen LogP contribution in [0.4, 0.5) is 0 Å². The van der Waals surface area contributed by atoms with Gasteiger partial charge in [-0.25, -0.2) is 0 Å². The lowest BCUT2D eigenvalue weighted by atomic mass is 9.78. The molecule has 2 fully saturated rings. The number of methoxy groups -OCH3 is 2. The average Bonchev–Trinajstić information content (AvgIpc) is 2.81. The van der Waals surface area contributed by atoms with Crippen LogP contribution in [0.1, 0.15) is 93.9 Å². The highest BCUT2D eigenvalue weighted by molar-refractivity contribution is 5.88. The average molecular weight is 569 g/mol. The highest BCUT2D eigenvalue weighted by Crippen LogP contribution is 2.40. The molecule has 10 nitrogen and oxygen atoms in total. The van der Waals surface area contributed by atoms with Gasteiger partial charge in [-0.1, -0.05) is 0 Å². The van der Waals surface area contributed by atoms with E-state index in [4.69, 9.17) is 18.9 Å². The number of hydrogen-bond acceptors (Lipinski definition) is 10. The lowest BCUT2D eigenvalue weighted by molar-refractivity contribution is -0.179. The Bertz CT molecular complexity index is 845. The number of carbonyl (C=O) groups is 4. The zero-order valence-electron chi connectivity index (χ0n) is 26.7. The summed E-state index contributed by atoms with van der Waals surface area (Å²) in [5, 5.41) is 0. The van der Waals surface area contributed by atoms with Crippen LogP contribution in [0.25, 0.3) is 0 Å². The lowest BCUT2D eigenvalue weighted by Crippen LogP contribution is -2.60. The van der Waals surface area contributed by atoms with Crippen molar-refractivity contribution in [3.63, 3.8) is 0 Å². The normalized spacial score (nSPS) is 24.4. The molecule has 0 bridgehead atoms. The summed E-state index contributed by atoms with van der Waals surface area (Å²) in [5.41, 5.74) is -0.990. The quantitative estimate of drug-likeness (QED) is 0.301. The van der Waals surface area contributed by atoms with Crippen LogP contribution in [0.5, 0.6) is 0 Å². The van der Waals surface area contributed by atoms with E-state index in [1.165, 1.54) is 14.2 Å². The van der Waals surface area contributed by atoms with Gasteiger partial charge in [0.1, 0.15) is 12.2 Å². The Morgan fingerprint density at radius 3 is 1.07 bits per heavy atom. The number of piperidine rings is 2. The van der Waals surface area contributed by atoms with Crippen LogP contribution in [0.15, 0.2) is 0 Å². The molecule has 2 atom stereocenters. The second-order valence-corrected chi connectivity index (χ2v) is 14.1. The van der Waals surface area contributed by atoms with Gasteiger partial charge in [-0.15, -0.1) is 0 Å². The van der Waals surface area contributed by atoms with Gasteiger partial charge in [0.25, 0.3) is 0 Å². The van der Waals surface area contributed by atoms with Crippen LogP contribution < -0.4 is 0 Å². The molecule has 2 aliphatic heterocycles. The minimum absolute atomic E-state index is 0.247. The first-order valence-corrected chi connectivity index (χ1v) is 14.2. The molecular weight excluding hydrogens is 516 g/mol. The van der Waals surface area contributed by atoms with Gasteiger partial charge in [0, 0.05) is 47.8 Å². The number of carbonyl (C=O) groups excluding carboxylic acids is 4. The van der Waals surface area contributed by atoms with Crippen LogP contribution in [0.2, 0.25) is 0 Å². The van der Waals surface area contributed by atoms with Gasteiger partial charge in [0.05, 0.1) is 38.9 Å². The minimum atomic E-state index is -1.27. The third kappa shape index (κ3) is 7.96. The maximum absolute atomic E-state index is 13.7. The predicted octanol–water partition coefficient (Wildman–Crippen LogP) is 3.73. The van der Waals surface area contributed by atoms with Gasteiger partial charge >= 0.3 is 23.9 Å². The van der Waals surface area contributed by atoms with Gasteiger partial charge < -0.3 is 18.9 Å². The van der Waals surface area contributed by atoms with Crippen LogP contribution in [0, 0.1) is 11.8 Å². The third-order valence-electron chi connectivity index (χ3n) is 9.43. The Kier molecular flexibility index (Phi) is 10.5. The lowest BCUT2D eigenvalue weighted by Gasteiger charge is -2.53. The molecule has 2 saturated heterocycles. The standard InChI is InChI=1S/C30H52N2O8/c1-27(2)15-19(16-28(3,4)31(27)9)39-25(35)21(13-23(33)37-11)22(14-24(34)38-12)26(36)40-20-17-29(5,6)32(10)30(7,8)18-20/h19-22H,13-18H2,1-12H3/t21-,22?/m0/s1. The molecule has 230 valence electrons. The highest BCUT2D eigenvalue weighted by Gasteiger charge is 2.48. The fourth-order valence-corrected chi connectivity index (χ4v) is 6.53. The Morgan fingerprint density at radius 2 is 0.850 bits per heavy atom. The van der Waals surface area contributed by atoms with E-state index in [1.54, 1.807) is 0 Å². The zero-order valence-corrected chi connectivity index (χ0v) is 26.7. The largest absolute Gasteiger partial charge is 0.469 e. The smallest absolute Gasteiger partial charge is 0.310 e. The molecule has 0 saturated carbocycles. The van der Waals surface area contributed by atoms with Crippen molar-refractivity contribution in [2.75, 3.05) is 28.3 Å². The molecule has 2 aliphatic rings. The molecule has 0 aromatic carbocycles. The summed E-state index contributed by atoms with van der Waals surface area (Å²) in [7, 11) is 6.52. The Labute approximate surface area is 240 Å². The van der Waals surface area contributed by atoms with E-state index in [-0.39, 0.29) is 22.2 Å². The van der Waals surface area contributed by atoms with Crippen molar-refractivity contribution in [2.45, 2.75) is 128 Å². The summed E-state index contributed by atoms with van der Waals surface area (Å²) < 4.78 is 21.7. The Morgan fingerprint density at radius 1 is 0.600 bits per heavy atom. The Balaban J connectivity index is 2.36. The topological polar surface area (TPSA) is 112 Å². The first-order chi connectivity index (χ1) is 18.2. The number of rotatable bonds is 9. The molecule has 0 N–H and O–H groups in total. The molecule has 0 spiro atoms. The molecule has 0 aromatic heterocycles. The molecule has 0 aromatic rings. The van der Waals surface area contributed by atoms with E-state index < -0.39 is 60.8 Å². The van der Waals surface area contributed by atoms with Gasteiger partial charge in [-0.2, -0.15) is 0 Å². The van der Waals surface area contributed by atoms with E-state index in [0.29, 0.717) is 25.7 Å². The van der Waals surface area contributed by atoms with E-state index >= 15 is 0 Å². The molecule has 0 amide bonds. The first kappa shape index (κ1) is 34.0. The molecule has 0 radical (unpaired) electrons. The van der Waals surface area contributed by atoms with E-state index in [1.807, 2.05) is 14.1 Å². The molecule has 10 heteroatoms. The van der Waals surface area contributed by atoms with Crippen molar-refractivity contribution in [3.8, 4) is 0 Å². The third-order valence-corrected chi connectivity index (χ3v) is 9.43.